The topological polar surface area (TPSA) is 125 Å². The first-order valence-corrected chi connectivity index (χ1v) is 9.00. The second-order valence-corrected chi connectivity index (χ2v) is 7.33. The number of anilines is 3. The Labute approximate surface area is 166 Å². The van der Waals surface area contributed by atoms with E-state index in [0.29, 0.717) is 0 Å². The Morgan fingerprint density at radius 2 is 2.17 bits per heavy atom. The Hall–Kier alpha value is -3.33. The first-order valence-electron chi connectivity index (χ1n) is 8.12. The van der Waals surface area contributed by atoms with Crippen LogP contribution in [0.2, 0.25) is 0 Å². The van der Waals surface area contributed by atoms with Crippen LogP contribution in [0.15, 0.2) is 29.6 Å². The number of halogens is 3. The number of nitrogens with one attached hydrogen (secondary N) is 1. The molecular formula is C17H13F3N6O2S. The molecule has 1 aliphatic heterocycles. The number of aromatic nitrogens is 2. The van der Waals surface area contributed by atoms with Gasteiger partial charge < -0.3 is 11.1 Å². The molecule has 150 valence electrons. The van der Waals surface area contributed by atoms with Crippen molar-refractivity contribution in [3.8, 4) is 6.07 Å². The van der Waals surface area contributed by atoms with Gasteiger partial charge in [0.05, 0.1) is 28.4 Å². The molecule has 8 nitrogen and oxygen atoms in total. The molecule has 1 aromatic carbocycles. The van der Waals surface area contributed by atoms with Crippen LogP contribution in [0.25, 0.3) is 0 Å². The molecule has 0 saturated carbocycles. The van der Waals surface area contributed by atoms with Crippen LogP contribution in [0.4, 0.5) is 30.4 Å². The van der Waals surface area contributed by atoms with E-state index < -0.39 is 28.8 Å². The first kappa shape index (κ1) is 20.4. The molecular weight excluding hydrogens is 409 g/mol. The predicted molar refractivity (Wildman–Crippen MR) is 98.9 cm³/mol. The van der Waals surface area contributed by atoms with Gasteiger partial charge in [0.15, 0.2) is 5.16 Å². The molecule has 0 radical (unpaired) electrons. The Bertz CT molecular complexity index is 1040. The molecule has 0 fully saturated rings. The van der Waals surface area contributed by atoms with E-state index >= 15 is 0 Å². The number of amides is 2. The fourth-order valence-electron chi connectivity index (χ4n) is 2.61. The van der Waals surface area contributed by atoms with Crippen molar-refractivity contribution in [3.05, 3.63) is 35.5 Å². The summed E-state index contributed by atoms with van der Waals surface area (Å²) in [4.78, 5) is 33.8. The van der Waals surface area contributed by atoms with E-state index in [0.717, 1.165) is 34.9 Å². The number of nitriles is 1. The summed E-state index contributed by atoms with van der Waals surface area (Å²) in [5.74, 6) is -1.16. The third kappa shape index (κ3) is 4.24. The fraction of sp³-hybridized carbons (Fsp3) is 0.235. The van der Waals surface area contributed by atoms with Gasteiger partial charge in [-0.05, 0) is 25.1 Å². The number of fused-ring (bicyclic) bond motifs is 1. The zero-order valence-corrected chi connectivity index (χ0v) is 15.6. The molecule has 1 unspecified atom stereocenters. The molecule has 2 amide bonds. The van der Waals surface area contributed by atoms with Crippen molar-refractivity contribution in [1.82, 2.24) is 9.97 Å². The number of carbonyl (C=O) groups is 2. The number of alkyl halides is 3. The minimum absolute atomic E-state index is 0.0352. The van der Waals surface area contributed by atoms with Crippen LogP contribution < -0.4 is 16.0 Å². The molecule has 0 spiro atoms. The summed E-state index contributed by atoms with van der Waals surface area (Å²) in [5, 5.41) is 10.6. The van der Waals surface area contributed by atoms with Gasteiger partial charge in [-0.1, -0.05) is 11.8 Å². The highest BCUT2D eigenvalue weighted by Gasteiger charge is 2.35. The van der Waals surface area contributed by atoms with E-state index in [4.69, 9.17) is 11.0 Å². The number of nitrogens with two attached hydrogens (primary N) is 1. The quantitative estimate of drug-likeness (QED) is 0.575. The van der Waals surface area contributed by atoms with Crippen molar-refractivity contribution in [2.75, 3.05) is 22.5 Å². The molecule has 3 N–H and O–H groups in total. The summed E-state index contributed by atoms with van der Waals surface area (Å²) in [7, 11) is 0. The monoisotopic (exact) mass is 422 g/mol. The average molecular weight is 422 g/mol. The largest absolute Gasteiger partial charge is 0.416 e. The fourth-order valence-corrected chi connectivity index (χ4v) is 3.42. The van der Waals surface area contributed by atoms with Crippen molar-refractivity contribution in [3.63, 3.8) is 0 Å². The number of thioether (sulfide) groups is 1. The predicted octanol–water partition coefficient (Wildman–Crippen LogP) is 2.42. The maximum atomic E-state index is 12.9. The van der Waals surface area contributed by atoms with Gasteiger partial charge in [0, 0.05) is 0 Å². The summed E-state index contributed by atoms with van der Waals surface area (Å²) in [6.45, 7) is 1.21. The van der Waals surface area contributed by atoms with Gasteiger partial charge >= 0.3 is 6.18 Å². The van der Waals surface area contributed by atoms with E-state index in [1.165, 1.54) is 6.20 Å². The zero-order valence-electron chi connectivity index (χ0n) is 14.8. The summed E-state index contributed by atoms with van der Waals surface area (Å²) >= 11 is 0.947. The lowest BCUT2D eigenvalue weighted by Crippen LogP contribution is -2.45. The highest BCUT2D eigenvalue weighted by molar-refractivity contribution is 8.00. The molecule has 1 atom stereocenters. The van der Waals surface area contributed by atoms with Crippen molar-refractivity contribution in [2.24, 2.45) is 0 Å². The third-order valence-electron chi connectivity index (χ3n) is 4.00. The van der Waals surface area contributed by atoms with Gasteiger partial charge in [-0.25, -0.2) is 9.97 Å². The SMILES string of the molecule is CC(Sc1ncc(C#N)c(N)n1)C(=O)N1CC(=O)Nc2cc(C(F)(F)F)ccc21. The van der Waals surface area contributed by atoms with Gasteiger partial charge in [0.1, 0.15) is 24.0 Å². The number of nitrogen functional groups attached to an aromatic ring is 1. The first-order chi connectivity index (χ1) is 13.6. The van der Waals surface area contributed by atoms with Gasteiger partial charge in [0.25, 0.3) is 0 Å². The maximum absolute atomic E-state index is 12.9. The number of hydrogen-bond acceptors (Lipinski definition) is 7. The van der Waals surface area contributed by atoms with Crippen molar-refractivity contribution < 1.29 is 22.8 Å². The number of rotatable bonds is 3. The molecule has 1 aromatic heterocycles. The number of hydrogen-bond donors (Lipinski definition) is 2. The van der Waals surface area contributed by atoms with E-state index in [9.17, 15) is 22.8 Å². The second-order valence-electron chi connectivity index (χ2n) is 6.03. The highest BCUT2D eigenvalue weighted by atomic mass is 32.2. The number of carbonyl (C=O) groups excluding carboxylic acids is 2. The van der Waals surface area contributed by atoms with Gasteiger partial charge in [-0.15, -0.1) is 0 Å². The minimum atomic E-state index is -4.58. The summed E-state index contributed by atoms with van der Waals surface area (Å²) in [5.41, 5.74) is 4.85. The average Bonchev–Trinajstić information content (AvgIpc) is 2.65. The molecule has 0 aliphatic carbocycles. The van der Waals surface area contributed by atoms with E-state index in [2.05, 4.69) is 15.3 Å². The standard InChI is InChI=1S/C17H13F3N6O2S/c1-8(29-16-23-6-9(5-21)14(22)25-16)15(28)26-7-13(27)24-11-4-10(17(18,19)20)2-3-12(11)26/h2-4,6,8H,7H2,1H3,(H,24,27)(H2,22,23,25). The number of nitrogens with zero attached hydrogens (tertiary/aromatic N) is 4. The lowest BCUT2D eigenvalue weighted by Gasteiger charge is -2.31. The summed E-state index contributed by atoms with van der Waals surface area (Å²) < 4.78 is 38.8. The zero-order chi connectivity index (χ0) is 21.3. The summed E-state index contributed by atoms with van der Waals surface area (Å²) in [6.07, 6.45) is -3.35. The number of benzene rings is 1. The van der Waals surface area contributed by atoms with Crippen LogP contribution in [0.3, 0.4) is 0 Å². The third-order valence-corrected chi connectivity index (χ3v) is 4.97. The highest BCUT2D eigenvalue weighted by Crippen LogP contribution is 2.37. The van der Waals surface area contributed by atoms with Crippen molar-refractivity contribution in [1.29, 1.82) is 5.26 Å². The van der Waals surface area contributed by atoms with Crippen LogP contribution in [0, 0.1) is 11.3 Å². The van der Waals surface area contributed by atoms with Gasteiger partial charge in [-0.2, -0.15) is 18.4 Å². The van der Waals surface area contributed by atoms with Gasteiger partial charge in [-0.3, -0.25) is 14.5 Å². The molecule has 0 bridgehead atoms. The van der Waals surface area contributed by atoms with Crippen LogP contribution in [0.5, 0.6) is 0 Å². The second kappa shape index (κ2) is 7.59. The Balaban J connectivity index is 1.85. The van der Waals surface area contributed by atoms with Crippen LogP contribution in [-0.2, 0) is 15.8 Å². The molecule has 0 saturated heterocycles. The van der Waals surface area contributed by atoms with Crippen LogP contribution >= 0.6 is 11.8 Å². The van der Waals surface area contributed by atoms with E-state index in [1.54, 1.807) is 6.92 Å². The van der Waals surface area contributed by atoms with E-state index in [1.807, 2.05) is 6.07 Å². The summed E-state index contributed by atoms with van der Waals surface area (Å²) in [6, 6.07) is 4.60. The Kier molecular flexibility index (Phi) is 5.34. The lowest BCUT2D eigenvalue weighted by atomic mass is 10.1. The van der Waals surface area contributed by atoms with E-state index in [-0.39, 0.29) is 34.5 Å². The lowest BCUT2D eigenvalue weighted by molar-refractivity contribution is -0.137. The molecule has 2 aromatic rings. The Morgan fingerprint density at radius 1 is 1.45 bits per heavy atom. The van der Waals surface area contributed by atoms with Crippen molar-refractivity contribution >= 4 is 40.8 Å². The Morgan fingerprint density at radius 3 is 2.79 bits per heavy atom. The molecule has 12 heteroatoms. The molecule has 29 heavy (non-hydrogen) atoms. The molecule has 2 heterocycles. The minimum Gasteiger partial charge on any atom is -0.382 e. The van der Waals surface area contributed by atoms with Gasteiger partial charge in [0.2, 0.25) is 11.8 Å². The normalized spacial score (nSPS) is 14.6. The maximum Gasteiger partial charge on any atom is 0.416 e. The van der Waals surface area contributed by atoms with Crippen LogP contribution in [-0.4, -0.2) is 33.6 Å². The smallest absolute Gasteiger partial charge is 0.382 e. The van der Waals surface area contributed by atoms with Crippen LogP contribution in [0.1, 0.15) is 18.1 Å². The molecule has 1 aliphatic rings. The molecule has 3 rings (SSSR count). The van der Waals surface area contributed by atoms with Crippen molar-refractivity contribution in [2.45, 2.75) is 23.5 Å².